The van der Waals surface area contributed by atoms with Gasteiger partial charge in [-0.3, -0.25) is 4.79 Å². The third kappa shape index (κ3) is 1.08. The summed E-state index contributed by atoms with van der Waals surface area (Å²) in [6, 6.07) is 4.86. The summed E-state index contributed by atoms with van der Waals surface area (Å²) in [7, 11) is 0. The Labute approximate surface area is 73.0 Å². The molecule has 0 aliphatic heterocycles. The Morgan fingerprint density at radius 1 is 1.50 bits per heavy atom. The number of aromatic nitrogens is 1. The van der Waals surface area contributed by atoms with Crippen LogP contribution in [0.3, 0.4) is 0 Å². The van der Waals surface area contributed by atoms with Crippen molar-refractivity contribution >= 4 is 27.9 Å². The molecule has 4 heteroatoms. The van der Waals surface area contributed by atoms with Crippen molar-refractivity contribution in [1.29, 1.82) is 0 Å². The Balaban J connectivity index is 2.68. The number of carbonyl (C=O) groups is 1. The smallest absolute Gasteiger partial charge is 0.252 e. The van der Waals surface area contributed by atoms with Gasteiger partial charge in [0.2, 0.25) is 0 Å². The molecule has 0 fully saturated rings. The summed E-state index contributed by atoms with van der Waals surface area (Å²) < 4.78 is 4.99. The van der Waals surface area contributed by atoms with E-state index >= 15 is 0 Å². The van der Waals surface area contributed by atoms with E-state index in [1.807, 2.05) is 0 Å². The van der Waals surface area contributed by atoms with Crippen LogP contribution in [0.1, 0.15) is 10.4 Å². The van der Waals surface area contributed by atoms with Gasteiger partial charge in [0.05, 0.1) is 0 Å². The minimum atomic E-state index is -0.486. The van der Waals surface area contributed by atoms with E-state index in [-0.39, 0.29) is 0 Å². The maximum atomic E-state index is 10.7. The van der Waals surface area contributed by atoms with Gasteiger partial charge >= 0.3 is 0 Å². The van der Waals surface area contributed by atoms with Crippen molar-refractivity contribution in [2.45, 2.75) is 0 Å². The van der Waals surface area contributed by atoms with Gasteiger partial charge in [-0.25, -0.2) is 4.98 Å². The van der Waals surface area contributed by atoms with Crippen LogP contribution in [0.4, 0.5) is 0 Å². The summed E-state index contributed by atoms with van der Waals surface area (Å²) in [5, 5.41) is -0.486. The van der Waals surface area contributed by atoms with Crippen LogP contribution in [0.25, 0.3) is 11.1 Å². The van der Waals surface area contributed by atoms with Crippen molar-refractivity contribution in [2.24, 2.45) is 0 Å². The van der Waals surface area contributed by atoms with Crippen molar-refractivity contribution in [3.63, 3.8) is 0 Å². The molecule has 3 nitrogen and oxygen atoms in total. The van der Waals surface area contributed by atoms with Gasteiger partial charge in [-0.2, -0.15) is 0 Å². The number of benzene rings is 1. The molecular formula is C8H4ClNO2. The highest BCUT2D eigenvalue weighted by Crippen LogP contribution is 2.15. The van der Waals surface area contributed by atoms with Crippen molar-refractivity contribution in [1.82, 2.24) is 4.98 Å². The van der Waals surface area contributed by atoms with Gasteiger partial charge in [-0.1, -0.05) is 0 Å². The molecule has 0 saturated carbocycles. The number of rotatable bonds is 1. The number of fused-ring (bicyclic) bond motifs is 1. The minimum absolute atomic E-state index is 0.429. The summed E-state index contributed by atoms with van der Waals surface area (Å²) in [5.41, 5.74) is 1.72. The molecule has 0 unspecified atom stereocenters. The molecule has 2 aromatic rings. The molecule has 1 heterocycles. The third-order valence-corrected chi connectivity index (χ3v) is 1.78. The minimum Gasteiger partial charge on any atom is -0.443 e. The molecule has 0 bridgehead atoms. The summed E-state index contributed by atoms with van der Waals surface area (Å²) in [5.74, 6) is 0. The molecule has 60 valence electrons. The van der Waals surface area contributed by atoms with Crippen LogP contribution in [0, 0.1) is 0 Å². The first-order valence-electron chi connectivity index (χ1n) is 3.30. The monoisotopic (exact) mass is 181 g/mol. The molecule has 1 aromatic carbocycles. The van der Waals surface area contributed by atoms with Crippen molar-refractivity contribution in [2.75, 3.05) is 0 Å². The second kappa shape index (κ2) is 2.60. The standard InChI is InChI=1S/C8H4ClNO2/c9-8(11)5-1-2-7-6(3-5)10-4-12-7/h1-4H. The number of carbonyl (C=O) groups excluding carboxylic acids is 1. The topological polar surface area (TPSA) is 43.1 Å². The zero-order chi connectivity index (χ0) is 8.55. The Hall–Kier alpha value is -1.35. The molecule has 0 amide bonds. The first-order chi connectivity index (χ1) is 5.77. The lowest BCUT2D eigenvalue weighted by Crippen LogP contribution is -1.86. The highest BCUT2D eigenvalue weighted by molar-refractivity contribution is 6.67. The van der Waals surface area contributed by atoms with Gasteiger partial charge in [0.1, 0.15) is 5.52 Å². The lowest BCUT2D eigenvalue weighted by Gasteiger charge is -1.90. The van der Waals surface area contributed by atoms with E-state index < -0.39 is 5.24 Å². The highest BCUT2D eigenvalue weighted by Gasteiger charge is 2.04. The largest absolute Gasteiger partial charge is 0.443 e. The van der Waals surface area contributed by atoms with Crippen LogP contribution >= 0.6 is 11.6 Å². The molecular weight excluding hydrogens is 178 g/mol. The predicted octanol–water partition coefficient (Wildman–Crippen LogP) is 2.21. The SMILES string of the molecule is O=C(Cl)c1ccc2ocnc2c1. The molecule has 0 radical (unpaired) electrons. The predicted molar refractivity (Wildman–Crippen MR) is 44.2 cm³/mol. The van der Waals surface area contributed by atoms with Crippen LogP contribution in [0.2, 0.25) is 0 Å². The summed E-state index contributed by atoms with van der Waals surface area (Å²) >= 11 is 5.27. The molecule has 2 rings (SSSR count). The van der Waals surface area contributed by atoms with Gasteiger partial charge in [0.25, 0.3) is 5.24 Å². The fourth-order valence-electron chi connectivity index (χ4n) is 0.980. The second-order valence-corrected chi connectivity index (χ2v) is 2.65. The zero-order valence-corrected chi connectivity index (χ0v) is 6.71. The molecule has 12 heavy (non-hydrogen) atoms. The fourth-order valence-corrected chi connectivity index (χ4v) is 1.10. The van der Waals surface area contributed by atoms with Gasteiger partial charge in [0, 0.05) is 5.56 Å². The van der Waals surface area contributed by atoms with E-state index in [9.17, 15) is 4.79 Å². The zero-order valence-electron chi connectivity index (χ0n) is 5.95. The average Bonchev–Trinajstić information content (AvgIpc) is 2.49. The van der Waals surface area contributed by atoms with Crippen molar-refractivity contribution in [3.05, 3.63) is 30.2 Å². The Morgan fingerprint density at radius 3 is 3.08 bits per heavy atom. The lowest BCUT2D eigenvalue weighted by molar-refractivity contribution is 0.108. The second-order valence-electron chi connectivity index (χ2n) is 2.31. The van der Waals surface area contributed by atoms with Gasteiger partial charge in [-0.05, 0) is 29.8 Å². The third-order valence-electron chi connectivity index (χ3n) is 1.56. The molecule has 0 N–H and O–H groups in total. The molecule has 1 aromatic heterocycles. The maximum Gasteiger partial charge on any atom is 0.252 e. The van der Waals surface area contributed by atoms with Gasteiger partial charge in [0.15, 0.2) is 12.0 Å². The van der Waals surface area contributed by atoms with Crippen molar-refractivity contribution < 1.29 is 9.21 Å². The number of hydrogen-bond donors (Lipinski definition) is 0. The van der Waals surface area contributed by atoms with Crippen LogP contribution in [-0.4, -0.2) is 10.2 Å². The van der Waals surface area contributed by atoms with Gasteiger partial charge < -0.3 is 4.42 Å². The number of oxazole rings is 1. The maximum absolute atomic E-state index is 10.7. The quantitative estimate of drug-likeness (QED) is 0.634. The molecule has 0 aliphatic carbocycles. The summed E-state index contributed by atoms with van der Waals surface area (Å²) in [6.07, 6.45) is 1.33. The Kier molecular flexibility index (Phi) is 1.59. The van der Waals surface area contributed by atoms with E-state index in [4.69, 9.17) is 16.0 Å². The van der Waals surface area contributed by atoms with E-state index in [1.54, 1.807) is 18.2 Å². The van der Waals surface area contributed by atoms with E-state index in [0.29, 0.717) is 16.7 Å². The number of halogens is 1. The summed E-state index contributed by atoms with van der Waals surface area (Å²) in [6.45, 7) is 0. The first kappa shape index (κ1) is 7.31. The molecule has 0 saturated heterocycles. The molecule has 0 spiro atoms. The molecule has 0 aliphatic rings. The summed E-state index contributed by atoms with van der Waals surface area (Å²) in [4.78, 5) is 14.6. The van der Waals surface area contributed by atoms with E-state index in [0.717, 1.165) is 0 Å². The van der Waals surface area contributed by atoms with Crippen LogP contribution < -0.4 is 0 Å². The van der Waals surface area contributed by atoms with Crippen LogP contribution in [0.15, 0.2) is 29.0 Å². The number of nitrogens with zero attached hydrogens (tertiary/aromatic N) is 1. The van der Waals surface area contributed by atoms with Crippen molar-refractivity contribution in [3.8, 4) is 0 Å². The average molecular weight is 182 g/mol. The van der Waals surface area contributed by atoms with Crippen LogP contribution in [0.5, 0.6) is 0 Å². The fraction of sp³-hybridized carbons (Fsp3) is 0. The first-order valence-corrected chi connectivity index (χ1v) is 3.68. The van der Waals surface area contributed by atoms with Gasteiger partial charge in [-0.15, -0.1) is 0 Å². The van der Waals surface area contributed by atoms with E-state index in [1.165, 1.54) is 6.39 Å². The Bertz CT molecular complexity index is 435. The van der Waals surface area contributed by atoms with Crippen LogP contribution in [-0.2, 0) is 0 Å². The lowest BCUT2D eigenvalue weighted by atomic mass is 10.2. The van der Waals surface area contributed by atoms with E-state index in [2.05, 4.69) is 4.98 Å². The normalized spacial score (nSPS) is 10.4. The molecule has 0 atom stereocenters. The number of hydrogen-bond acceptors (Lipinski definition) is 3. The Morgan fingerprint density at radius 2 is 2.33 bits per heavy atom. The highest BCUT2D eigenvalue weighted by atomic mass is 35.5.